The van der Waals surface area contributed by atoms with E-state index in [9.17, 15) is 15.8 Å². The molecule has 7 nitrogen and oxygen atoms in total. The number of hydrogen-bond acceptors (Lipinski definition) is 6. The zero-order valence-corrected chi connectivity index (χ0v) is 17.7. The summed E-state index contributed by atoms with van der Waals surface area (Å²) in [4.78, 5) is 1.31. The maximum absolute atomic E-state index is 10.2. The SMILES string of the molecule is COc1ccc(OC)c([C@H]2[C@H]3C[NH+](C(C)C)CC=C3C(C#N)C(=N)C2(C#N)C#N)c1. The van der Waals surface area contributed by atoms with E-state index in [0.717, 1.165) is 12.1 Å². The summed E-state index contributed by atoms with van der Waals surface area (Å²) in [6.45, 7) is 5.68. The lowest BCUT2D eigenvalue weighted by atomic mass is 9.54. The summed E-state index contributed by atoms with van der Waals surface area (Å²) >= 11 is 0. The van der Waals surface area contributed by atoms with Gasteiger partial charge in [0.25, 0.3) is 0 Å². The van der Waals surface area contributed by atoms with Crippen LogP contribution >= 0.6 is 0 Å². The van der Waals surface area contributed by atoms with E-state index in [4.69, 9.17) is 14.9 Å². The predicted octanol–water partition coefficient (Wildman–Crippen LogP) is 1.84. The van der Waals surface area contributed by atoms with Crippen molar-refractivity contribution in [2.24, 2.45) is 17.3 Å². The highest BCUT2D eigenvalue weighted by molar-refractivity contribution is 6.01. The number of rotatable bonds is 4. The molecule has 0 amide bonds. The van der Waals surface area contributed by atoms with Crippen LogP contribution in [0.5, 0.6) is 11.5 Å². The predicted molar refractivity (Wildman–Crippen MR) is 110 cm³/mol. The molecule has 1 aromatic rings. The fraction of sp³-hybridized carbons (Fsp3) is 0.478. The molecule has 0 radical (unpaired) electrons. The Kier molecular flexibility index (Phi) is 5.83. The molecule has 0 aromatic heterocycles. The highest BCUT2D eigenvalue weighted by Gasteiger charge is 2.59. The number of quaternary nitrogens is 1. The molecule has 2 unspecified atom stereocenters. The van der Waals surface area contributed by atoms with Crippen molar-refractivity contribution in [2.75, 3.05) is 27.3 Å². The Morgan fingerprint density at radius 1 is 1.17 bits per heavy atom. The second-order valence-corrected chi connectivity index (χ2v) is 8.12. The maximum Gasteiger partial charge on any atom is 0.190 e. The van der Waals surface area contributed by atoms with Crippen LogP contribution in [0.15, 0.2) is 29.8 Å². The fourth-order valence-electron chi connectivity index (χ4n) is 4.82. The van der Waals surface area contributed by atoms with Crippen LogP contribution in [0, 0.1) is 56.7 Å². The van der Waals surface area contributed by atoms with Gasteiger partial charge in [-0.2, -0.15) is 15.8 Å². The minimum atomic E-state index is -1.76. The molecule has 30 heavy (non-hydrogen) atoms. The van der Waals surface area contributed by atoms with E-state index in [1.54, 1.807) is 32.4 Å². The maximum atomic E-state index is 10.2. The lowest BCUT2D eigenvalue weighted by Crippen LogP contribution is -3.16. The molecule has 0 saturated heterocycles. The molecule has 4 atom stereocenters. The first kappa shape index (κ1) is 21.4. The molecule has 0 spiro atoms. The Balaban J connectivity index is 2.32. The van der Waals surface area contributed by atoms with E-state index >= 15 is 0 Å². The summed E-state index contributed by atoms with van der Waals surface area (Å²) in [7, 11) is 3.10. The van der Waals surface area contributed by atoms with Gasteiger partial charge in [0.2, 0.25) is 0 Å². The monoisotopic (exact) mass is 404 g/mol. The molecule has 1 aromatic carbocycles. The average molecular weight is 404 g/mol. The zero-order chi connectivity index (χ0) is 22.1. The van der Waals surface area contributed by atoms with E-state index in [0.29, 0.717) is 29.6 Å². The largest absolute Gasteiger partial charge is 0.497 e. The molecule has 2 N–H and O–H groups in total. The van der Waals surface area contributed by atoms with Crippen LogP contribution in [0.25, 0.3) is 0 Å². The number of fused-ring (bicyclic) bond motifs is 1. The molecular weight excluding hydrogens is 378 g/mol. The Morgan fingerprint density at radius 2 is 1.87 bits per heavy atom. The van der Waals surface area contributed by atoms with Crippen LogP contribution in [0.4, 0.5) is 0 Å². The minimum Gasteiger partial charge on any atom is -0.497 e. The van der Waals surface area contributed by atoms with Gasteiger partial charge in [0.05, 0.1) is 57.3 Å². The van der Waals surface area contributed by atoms with Gasteiger partial charge in [-0.05, 0) is 43.7 Å². The third-order valence-corrected chi connectivity index (χ3v) is 6.50. The normalized spacial score (nSPS) is 27.1. The van der Waals surface area contributed by atoms with Crippen molar-refractivity contribution in [3.63, 3.8) is 0 Å². The van der Waals surface area contributed by atoms with Crippen molar-refractivity contribution in [1.29, 1.82) is 21.2 Å². The molecule has 2 aliphatic rings. The van der Waals surface area contributed by atoms with E-state index in [1.807, 2.05) is 6.08 Å². The van der Waals surface area contributed by atoms with E-state index in [2.05, 4.69) is 32.1 Å². The van der Waals surface area contributed by atoms with Crippen molar-refractivity contribution in [1.82, 2.24) is 0 Å². The Morgan fingerprint density at radius 3 is 2.40 bits per heavy atom. The molecule has 154 valence electrons. The Bertz CT molecular complexity index is 994. The summed E-state index contributed by atoms with van der Waals surface area (Å²) < 4.78 is 11.0. The second-order valence-electron chi connectivity index (χ2n) is 8.12. The quantitative estimate of drug-likeness (QED) is 0.743. The molecule has 1 saturated carbocycles. The lowest BCUT2D eigenvalue weighted by Gasteiger charge is -2.47. The van der Waals surface area contributed by atoms with Crippen LogP contribution < -0.4 is 14.4 Å². The first-order valence-electron chi connectivity index (χ1n) is 9.95. The van der Waals surface area contributed by atoms with Crippen LogP contribution in [-0.4, -0.2) is 39.1 Å². The van der Waals surface area contributed by atoms with Crippen molar-refractivity contribution >= 4 is 5.71 Å². The van der Waals surface area contributed by atoms with Crippen molar-refractivity contribution in [2.45, 2.75) is 25.8 Å². The molecule has 1 heterocycles. The number of nitrogens with one attached hydrogen (secondary N) is 2. The molecule has 1 aliphatic heterocycles. The first-order chi connectivity index (χ1) is 14.4. The zero-order valence-electron chi connectivity index (χ0n) is 17.7. The van der Waals surface area contributed by atoms with E-state index < -0.39 is 17.3 Å². The van der Waals surface area contributed by atoms with Gasteiger partial charge in [-0.1, -0.05) is 0 Å². The third kappa shape index (κ3) is 3.11. The number of hydrogen-bond donors (Lipinski definition) is 2. The van der Waals surface area contributed by atoms with Crippen molar-refractivity contribution < 1.29 is 14.4 Å². The Hall–Kier alpha value is -3.34. The molecule has 3 rings (SSSR count). The number of nitrogens with zero attached hydrogens (tertiary/aromatic N) is 3. The van der Waals surface area contributed by atoms with Crippen LogP contribution in [0.3, 0.4) is 0 Å². The van der Waals surface area contributed by atoms with Crippen LogP contribution in [0.2, 0.25) is 0 Å². The van der Waals surface area contributed by atoms with E-state index in [-0.39, 0.29) is 11.6 Å². The number of nitriles is 3. The number of benzene rings is 1. The lowest BCUT2D eigenvalue weighted by molar-refractivity contribution is -0.920. The van der Waals surface area contributed by atoms with Gasteiger partial charge in [0.1, 0.15) is 17.4 Å². The van der Waals surface area contributed by atoms with Gasteiger partial charge >= 0.3 is 0 Å². The highest BCUT2D eigenvalue weighted by atomic mass is 16.5. The number of ether oxygens (including phenoxy) is 2. The van der Waals surface area contributed by atoms with Crippen LogP contribution in [-0.2, 0) is 0 Å². The van der Waals surface area contributed by atoms with Crippen LogP contribution in [0.1, 0.15) is 25.3 Å². The topological polar surface area (TPSA) is 118 Å². The molecular formula is C23H26N5O2+. The summed E-state index contributed by atoms with van der Waals surface area (Å²) in [6, 6.07) is 12.1. The molecule has 1 aliphatic carbocycles. The second kappa shape index (κ2) is 8.19. The van der Waals surface area contributed by atoms with Crippen molar-refractivity contribution in [3.8, 4) is 29.7 Å². The standard InChI is InChI=1S/C23H25N5O2/c1-14(2)28-8-7-16-18(10-24)22(27)23(12-25,13-26)21(19(16)11-28)17-9-15(29-3)5-6-20(17)30-4/h5-7,9,14,18-19,21,27H,8,11H2,1-4H3/p+1/t18?,19-,21-/m0/s1. The van der Waals surface area contributed by atoms with Gasteiger partial charge in [-0.3, -0.25) is 0 Å². The summed E-state index contributed by atoms with van der Waals surface area (Å²) in [5, 5.41) is 38.9. The smallest absolute Gasteiger partial charge is 0.190 e. The van der Waals surface area contributed by atoms with Gasteiger partial charge in [-0.15, -0.1) is 0 Å². The van der Waals surface area contributed by atoms with E-state index in [1.165, 1.54) is 4.90 Å². The minimum absolute atomic E-state index is 0.152. The van der Waals surface area contributed by atoms with Gasteiger partial charge in [0, 0.05) is 17.4 Å². The summed E-state index contributed by atoms with van der Waals surface area (Å²) in [5.41, 5.74) is -0.424. The fourth-order valence-corrected chi connectivity index (χ4v) is 4.82. The van der Waals surface area contributed by atoms with Crippen molar-refractivity contribution in [3.05, 3.63) is 35.4 Å². The highest BCUT2D eigenvalue weighted by Crippen LogP contribution is 2.54. The summed E-state index contributed by atoms with van der Waals surface area (Å²) in [6.07, 6.45) is 2.03. The van der Waals surface area contributed by atoms with Gasteiger partial charge in [-0.25, -0.2) is 0 Å². The van der Waals surface area contributed by atoms with Gasteiger partial charge < -0.3 is 19.8 Å². The summed E-state index contributed by atoms with van der Waals surface area (Å²) in [5.74, 6) is -0.630. The number of methoxy groups -OCH3 is 2. The van der Waals surface area contributed by atoms with Gasteiger partial charge in [0.15, 0.2) is 5.41 Å². The molecule has 1 fully saturated rings. The molecule has 7 heteroatoms. The average Bonchev–Trinajstić information content (AvgIpc) is 2.77. The molecule has 0 bridgehead atoms. The first-order valence-corrected chi connectivity index (χ1v) is 9.95. The Labute approximate surface area is 177 Å². The third-order valence-electron chi connectivity index (χ3n) is 6.50.